The predicted molar refractivity (Wildman–Crippen MR) is 119 cm³/mol. The number of anilines is 2. The van der Waals surface area contributed by atoms with Crippen molar-refractivity contribution in [2.24, 2.45) is 4.40 Å². The van der Waals surface area contributed by atoms with Crippen molar-refractivity contribution in [3.05, 3.63) is 48.0 Å². The Hall–Kier alpha value is -3.05. The summed E-state index contributed by atoms with van der Waals surface area (Å²) < 4.78 is 32.7. The van der Waals surface area contributed by atoms with Gasteiger partial charge >= 0.3 is 0 Å². The lowest BCUT2D eigenvalue weighted by Gasteiger charge is -2.22. The van der Waals surface area contributed by atoms with Crippen LogP contribution in [0.25, 0.3) is 0 Å². The molecule has 2 amide bonds. The van der Waals surface area contributed by atoms with Crippen LogP contribution in [0.4, 0.5) is 11.4 Å². The standard InChI is InChI=1S/C20H20N4O5S2/c1-2-21-18(25)12-29-15-5-3-4-14(11-15)22-19(26)13-6-7-16-17(10-13)30-20-23-31(27,28)9-8-24(16)20/h3-7,10-11H,2,8-9,12H2,1H3,(H,21,25)(H,22,26). The number of fused-ring (bicyclic) bond motifs is 3. The summed E-state index contributed by atoms with van der Waals surface area (Å²) in [5, 5.41) is 5.87. The van der Waals surface area contributed by atoms with Crippen LogP contribution in [-0.2, 0) is 14.8 Å². The molecule has 0 saturated carbocycles. The molecule has 0 atom stereocenters. The summed E-state index contributed by atoms with van der Waals surface area (Å²) in [7, 11) is -3.43. The monoisotopic (exact) mass is 460 g/mol. The average Bonchev–Trinajstić information content (AvgIpc) is 3.08. The number of rotatable bonds is 6. The first-order chi connectivity index (χ1) is 14.8. The SMILES string of the molecule is CCNC(=O)COc1cccc(NC(=O)c2ccc3c(c2)SC2=NS(=O)(=O)CCN23)c1. The van der Waals surface area contributed by atoms with E-state index in [0.717, 1.165) is 10.6 Å². The Kier molecular flexibility index (Phi) is 5.88. The van der Waals surface area contributed by atoms with E-state index in [1.165, 1.54) is 11.8 Å². The van der Waals surface area contributed by atoms with Crippen molar-refractivity contribution in [2.45, 2.75) is 11.8 Å². The molecule has 0 fully saturated rings. The van der Waals surface area contributed by atoms with Gasteiger partial charge in [-0.15, -0.1) is 4.40 Å². The van der Waals surface area contributed by atoms with Crippen molar-refractivity contribution in [1.29, 1.82) is 0 Å². The number of sulfonamides is 1. The quantitative estimate of drug-likeness (QED) is 0.678. The summed E-state index contributed by atoms with van der Waals surface area (Å²) in [5.74, 6) is -0.105. The Morgan fingerprint density at radius 2 is 2.06 bits per heavy atom. The third-order valence-corrected chi connectivity index (χ3v) is 6.88. The lowest BCUT2D eigenvalue weighted by molar-refractivity contribution is -0.122. The first-order valence-corrected chi connectivity index (χ1v) is 12.0. The van der Waals surface area contributed by atoms with Crippen LogP contribution in [0, 0.1) is 0 Å². The van der Waals surface area contributed by atoms with Crippen molar-refractivity contribution in [1.82, 2.24) is 5.32 Å². The molecule has 0 aromatic heterocycles. The van der Waals surface area contributed by atoms with Crippen LogP contribution < -0.4 is 20.3 Å². The highest BCUT2D eigenvalue weighted by Gasteiger charge is 2.33. The average molecular weight is 461 g/mol. The summed E-state index contributed by atoms with van der Waals surface area (Å²) in [5.41, 5.74) is 1.80. The maximum atomic E-state index is 12.7. The number of nitrogens with zero attached hydrogens (tertiary/aromatic N) is 2. The zero-order chi connectivity index (χ0) is 22.0. The molecule has 0 bridgehead atoms. The minimum atomic E-state index is -3.43. The number of hydrogen-bond donors (Lipinski definition) is 2. The van der Waals surface area contributed by atoms with E-state index >= 15 is 0 Å². The highest BCUT2D eigenvalue weighted by Crippen LogP contribution is 2.42. The fraction of sp³-hybridized carbons (Fsp3) is 0.250. The van der Waals surface area contributed by atoms with Crippen LogP contribution in [0.3, 0.4) is 0 Å². The summed E-state index contributed by atoms with van der Waals surface area (Å²) in [6.07, 6.45) is 0. The molecule has 31 heavy (non-hydrogen) atoms. The maximum absolute atomic E-state index is 12.7. The van der Waals surface area contributed by atoms with Crippen LogP contribution >= 0.6 is 11.8 Å². The second kappa shape index (κ2) is 8.60. The number of amidine groups is 1. The number of carbonyl (C=O) groups excluding carboxylic acids is 2. The van der Waals surface area contributed by atoms with Crippen LogP contribution in [0.2, 0.25) is 0 Å². The number of benzene rings is 2. The van der Waals surface area contributed by atoms with E-state index in [4.69, 9.17) is 4.74 Å². The van der Waals surface area contributed by atoms with Gasteiger partial charge in [-0.2, -0.15) is 0 Å². The third kappa shape index (κ3) is 4.83. The number of amides is 2. The molecule has 0 saturated heterocycles. The Labute approximate surface area is 183 Å². The number of likely N-dealkylation sites (N-methyl/N-ethyl adjacent to an activating group) is 1. The zero-order valence-electron chi connectivity index (χ0n) is 16.6. The normalized spacial score (nSPS) is 16.0. The molecule has 2 aromatic carbocycles. The highest BCUT2D eigenvalue weighted by atomic mass is 32.2. The van der Waals surface area contributed by atoms with E-state index in [2.05, 4.69) is 15.0 Å². The van der Waals surface area contributed by atoms with Gasteiger partial charge in [0, 0.05) is 35.3 Å². The van der Waals surface area contributed by atoms with Gasteiger partial charge in [0.2, 0.25) is 0 Å². The summed E-state index contributed by atoms with van der Waals surface area (Å²) in [6, 6.07) is 12.0. The summed E-state index contributed by atoms with van der Waals surface area (Å²) in [6.45, 7) is 2.59. The van der Waals surface area contributed by atoms with Gasteiger partial charge < -0.3 is 20.3 Å². The van der Waals surface area contributed by atoms with E-state index < -0.39 is 10.0 Å². The Bertz CT molecular complexity index is 1180. The topological polar surface area (TPSA) is 117 Å². The molecule has 4 rings (SSSR count). The second-order valence-electron chi connectivity index (χ2n) is 6.82. The van der Waals surface area contributed by atoms with Gasteiger partial charge in [0.05, 0.1) is 11.4 Å². The Morgan fingerprint density at radius 1 is 1.23 bits per heavy atom. The first kappa shape index (κ1) is 21.2. The van der Waals surface area contributed by atoms with Crippen molar-refractivity contribution < 1.29 is 22.7 Å². The van der Waals surface area contributed by atoms with Crippen molar-refractivity contribution in [3.8, 4) is 5.75 Å². The molecule has 0 aliphatic carbocycles. The van der Waals surface area contributed by atoms with Gasteiger partial charge in [0.15, 0.2) is 11.8 Å². The van der Waals surface area contributed by atoms with Crippen LogP contribution in [0.1, 0.15) is 17.3 Å². The highest BCUT2D eigenvalue weighted by molar-refractivity contribution is 8.15. The molecule has 2 aromatic rings. The third-order valence-electron chi connectivity index (χ3n) is 4.57. The molecule has 9 nitrogen and oxygen atoms in total. The van der Waals surface area contributed by atoms with E-state index in [9.17, 15) is 18.0 Å². The molecular weight excluding hydrogens is 440 g/mol. The Balaban J connectivity index is 1.45. The van der Waals surface area contributed by atoms with E-state index in [1.54, 1.807) is 42.5 Å². The van der Waals surface area contributed by atoms with E-state index in [0.29, 0.717) is 35.3 Å². The Morgan fingerprint density at radius 3 is 2.87 bits per heavy atom. The number of ether oxygens (including phenoxy) is 1. The molecule has 0 spiro atoms. The zero-order valence-corrected chi connectivity index (χ0v) is 18.3. The molecule has 0 radical (unpaired) electrons. The number of hydrogen-bond acceptors (Lipinski definition) is 7. The molecule has 2 aliphatic heterocycles. The molecule has 162 valence electrons. The minimum absolute atomic E-state index is 0.0305. The summed E-state index contributed by atoms with van der Waals surface area (Å²) >= 11 is 1.23. The molecule has 0 unspecified atom stereocenters. The second-order valence-corrected chi connectivity index (χ2v) is 9.58. The molecular formula is C20H20N4O5S2. The fourth-order valence-electron chi connectivity index (χ4n) is 3.14. The molecule has 2 heterocycles. The minimum Gasteiger partial charge on any atom is -0.484 e. The summed E-state index contributed by atoms with van der Waals surface area (Å²) in [4.78, 5) is 26.9. The van der Waals surface area contributed by atoms with E-state index in [-0.39, 0.29) is 24.2 Å². The lowest BCUT2D eigenvalue weighted by Crippen LogP contribution is -2.35. The van der Waals surface area contributed by atoms with Crippen molar-refractivity contribution in [2.75, 3.05) is 35.7 Å². The van der Waals surface area contributed by atoms with Crippen LogP contribution in [0.5, 0.6) is 5.75 Å². The van der Waals surface area contributed by atoms with Gasteiger partial charge in [-0.3, -0.25) is 9.59 Å². The molecule has 2 aliphatic rings. The predicted octanol–water partition coefficient (Wildman–Crippen LogP) is 2.07. The smallest absolute Gasteiger partial charge is 0.257 e. The first-order valence-electron chi connectivity index (χ1n) is 9.57. The lowest BCUT2D eigenvalue weighted by atomic mass is 10.1. The van der Waals surface area contributed by atoms with Gasteiger partial charge in [0.1, 0.15) is 5.75 Å². The van der Waals surface area contributed by atoms with Crippen LogP contribution in [-0.4, -0.2) is 50.8 Å². The van der Waals surface area contributed by atoms with Crippen molar-refractivity contribution in [3.63, 3.8) is 0 Å². The number of thioether (sulfide) groups is 1. The van der Waals surface area contributed by atoms with Gasteiger partial charge in [-0.1, -0.05) is 6.07 Å². The van der Waals surface area contributed by atoms with Crippen LogP contribution in [0.15, 0.2) is 51.8 Å². The van der Waals surface area contributed by atoms with Crippen molar-refractivity contribution >= 4 is 50.1 Å². The van der Waals surface area contributed by atoms with Gasteiger partial charge in [-0.25, -0.2) is 8.42 Å². The maximum Gasteiger partial charge on any atom is 0.257 e. The van der Waals surface area contributed by atoms with Gasteiger partial charge in [0.25, 0.3) is 21.8 Å². The fourth-order valence-corrected chi connectivity index (χ4v) is 5.43. The number of nitrogens with one attached hydrogen (secondary N) is 2. The molecule has 2 N–H and O–H groups in total. The molecule has 11 heteroatoms. The van der Waals surface area contributed by atoms with Gasteiger partial charge in [-0.05, 0) is 49.0 Å². The number of carbonyl (C=O) groups is 2. The largest absolute Gasteiger partial charge is 0.484 e. The van der Waals surface area contributed by atoms with E-state index in [1.807, 2.05) is 11.8 Å².